The minimum Gasteiger partial charge on any atom is -0.274 e. The van der Waals surface area contributed by atoms with Gasteiger partial charge in [0.05, 0.1) is 22.1 Å². The molecule has 1 atom stereocenters. The second-order valence-electron chi connectivity index (χ2n) is 8.31. The summed E-state index contributed by atoms with van der Waals surface area (Å²) in [6.45, 7) is 6.99. The first-order valence-corrected chi connectivity index (χ1v) is 10.3. The van der Waals surface area contributed by atoms with Gasteiger partial charge in [-0.25, -0.2) is 9.88 Å². The van der Waals surface area contributed by atoms with Gasteiger partial charge < -0.3 is 0 Å². The molecule has 0 bridgehead atoms. The van der Waals surface area contributed by atoms with Gasteiger partial charge >= 0.3 is 6.18 Å². The molecule has 1 aliphatic heterocycles. The van der Waals surface area contributed by atoms with E-state index in [4.69, 9.17) is 0 Å². The highest BCUT2D eigenvalue weighted by Crippen LogP contribution is 2.41. The Bertz CT molecular complexity index is 1080. The molecular weight excluding hydrogens is 427 g/mol. The third-order valence-corrected chi connectivity index (χ3v) is 5.99. The number of amides is 2. The predicted octanol–water partition coefficient (Wildman–Crippen LogP) is 5.00. The first-order chi connectivity index (χ1) is 14.3. The standard InChI is InChI=1S/C22H20F3N3O2S/c1-12-5-7-13(8-6-12)28-18(29)10-16(20(28)30)31-19-14(11-26)15(22(23,24)25)9-17(27-19)21(2,3)4/h5-9,16H,10H2,1-4H3/t16-/m0/s1. The maximum absolute atomic E-state index is 13.6. The number of hydrogen-bond donors (Lipinski definition) is 0. The molecule has 31 heavy (non-hydrogen) atoms. The predicted molar refractivity (Wildman–Crippen MR) is 111 cm³/mol. The van der Waals surface area contributed by atoms with Crippen molar-refractivity contribution < 1.29 is 22.8 Å². The SMILES string of the molecule is Cc1ccc(N2C(=O)C[C@H](Sc3nc(C(C)(C)C)cc(C(F)(F)F)c3C#N)C2=O)cc1. The number of hydrogen-bond acceptors (Lipinski definition) is 5. The van der Waals surface area contributed by atoms with Crippen LogP contribution in [0.3, 0.4) is 0 Å². The summed E-state index contributed by atoms with van der Waals surface area (Å²) in [5, 5.41) is 8.28. The highest BCUT2D eigenvalue weighted by molar-refractivity contribution is 8.00. The van der Waals surface area contributed by atoms with Gasteiger partial charge in [0, 0.05) is 17.5 Å². The molecule has 9 heteroatoms. The monoisotopic (exact) mass is 447 g/mol. The molecular formula is C22H20F3N3O2S. The van der Waals surface area contributed by atoms with Crippen molar-refractivity contribution in [3.8, 4) is 6.07 Å². The zero-order valence-electron chi connectivity index (χ0n) is 17.4. The van der Waals surface area contributed by atoms with E-state index in [1.54, 1.807) is 51.1 Å². The van der Waals surface area contributed by atoms with Crippen molar-refractivity contribution in [3.05, 3.63) is 52.7 Å². The first-order valence-electron chi connectivity index (χ1n) is 9.46. The molecule has 2 heterocycles. The molecule has 2 amide bonds. The smallest absolute Gasteiger partial charge is 0.274 e. The van der Waals surface area contributed by atoms with Crippen LogP contribution in [0.25, 0.3) is 0 Å². The van der Waals surface area contributed by atoms with Crippen LogP contribution in [0.15, 0.2) is 35.4 Å². The van der Waals surface area contributed by atoms with Crippen LogP contribution in [0.2, 0.25) is 0 Å². The van der Waals surface area contributed by atoms with Gasteiger partial charge in [-0.1, -0.05) is 50.2 Å². The highest BCUT2D eigenvalue weighted by Gasteiger charge is 2.42. The van der Waals surface area contributed by atoms with Crippen LogP contribution in [0.5, 0.6) is 0 Å². The van der Waals surface area contributed by atoms with Crippen LogP contribution >= 0.6 is 11.8 Å². The molecule has 1 saturated heterocycles. The first kappa shape index (κ1) is 22.8. The number of benzene rings is 1. The maximum Gasteiger partial charge on any atom is 0.417 e. The van der Waals surface area contributed by atoms with Crippen LogP contribution < -0.4 is 4.90 Å². The second-order valence-corrected chi connectivity index (χ2v) is 9.50. The van der Waals surface area contributed by atoms with E-state index in [0.29, 0.717) is 5.69 Å². The van der Waals surface area contributed by atoms with E-state index in [1.165, 1.54) is 0 Å². The van der Waals surface area contributed by atoms with Crippen LogP contribution in [0.4, 0.5) is 18.9 Å². The summed E-state index contributed by atoms with van der Waals surface area (Å²) < 4.78 is 40.9. The Hall–Kier alpha value is -2.86. The number of aromatic nitrogens is 1. The number of anilines is 1. The number of halogens is 3. The number of carbonyl (C=O) groups is 2. The van der Waals surface area contributed by atoms with Gasteiger partial charge in [0.1, 0.15) is 11.1 Å². The molecule has 0 unspecified atom stereocenters. The lowest BCUT2D eigenvalue weighted by Gasteiger charge is -2.22. The summed E-state index contributed by atoms with van der Waals surface area (Å²) in [4.78, 5) is 30.7. The van der Waals surface area contributed by atoms with Gasteiger partial charge in [0.15, 0.2) is 0 Å². The number of nitrogens with zero attached hydrogens (tertiary/aromatic N) is 3. The van der Waals surface area contributed by atoms with Crippen LogP contribution in [-0.2, 0) is 21.2 Å². The van der Waals surface area contributed by atoms with Crippen molar-refractivity contribution in [2.75, 3.05) is 4.90 Å². The average molecular weight is 447 g/mol. The molecule has 1 aromatic heterocycles. The van der Waals surface area contributed by atoms with Crippen LogP contribution in [-0.4, -0.2) is 22.0 Å². The Labute approximate surface area is 182 Å². The van der Waals surface area contributed by atoms with E-state index in [9.17, 15) is 28.0 Å². The molecule has 0 aliphatic carbocycles. The van der Waals surface area contributed by atoms with Gasteiger partial charge in [0.2, 0.25) is 11.8 Å². The lowest BCUT2D eigenvalue weighted by Crippen LogP contribution is -2.31. The van der Waals surface area contributed by atoms with Crippen LogP contribution in [0.1, 0.15) is 49.6 Å². The summed E-state index contributed by atoms with van der Waals surface area (Å²) in [5.74, 6) is -0.993. The molecule has 2 aromatic rings. The number of carbonyl (C=O) groups excluding carboxylic acids is 2. The molecule has 0 N–H and O–H groups in total. The number of imide groups is 1. The third-order valence-electron chi connectivity index (χ3n) is 4.82. The third kappa shape index (κ3) is 4.59. The van der Waals surface area contributed by atoms with Crippen molar-refractivity contribution in [1.29, 1.82) is 5.26 Å². The molecule has 1 aliphatic rings. The Balaban J connectivity index is 2.02. The van der Waals surface area contributed by atoms with E-state index in [0.717, 1.165) is 28.3 Å². The van der Waals surface area contributed by atoms with E-state index >= 15 is 0 Å². The maximum atomic E-state index is 13.6. The van der Waals surface area contributed by atoms with Crippen molar-refractivity contribution in [1.82, 2.24) is 4.98 Å². The molecule has 162 valence electrons. The number of aryl methyl sites for hydroxylation is 1. The normalized spacial score (nSPS) is 17.2. The van der Waals surface area contributed by atoms with Crippen molar-refractivity contribution in [3.63, 3.8) is 0 Å². The Morgan fingerprint density at radius 3 is 2.29 bits per heavy atom. The minimum absolute atomic E-state index is 0.147. The lowest BCUT2D eigenvalue weighted by molar-refractivity contribution is -0.138. The zero-order chi connectivity index (χ0) is 23.1. The van der Waals surface area contributed by atoms with E-state index in [1.807, 2.05) is 6.92 Å². The fourth-order valence-corrected chi connectivity index (χ4v) is 4.24. The quantitative estimate of drug-likeness (QED) is 0.619. The average Bonchev–Trinajstić information content (AvgIpc) is 2.94. The minimum atomic E-state index is -4.76. The lowest BCUT2D eigenvalue weighted by atomic mass is 9.90. The second kappa shape index (κ2) is 8.00. The molecule has 3 rings (SSSR count). The summed E-state index contributed by atoms with van der Waals surface area (Å²) in [7, 11) is 0. The highest BCUT2D eigenvalue weighted by atomic mass is 32.2. The Morgan fingerprint density at radius 2 is 1.77 bits per heavy atom. The van der Waals surface area contributed by atoms with E-state index < -0.39 is 39.8 Å². The summed E-state index contributed by atoms with van der Waals surface area (Å²) in [6.07, 6.45) is -4.95. The van der Waals surface area contributed by atoms with Crippen molar-refractivity contribution in [2.45, 2.75) is 56.0 Å². The number of alkyl halides is 3. The van der Waals surface area contributed by atoms with Crippen LogP contribution in [0, 0.1) is 18.3 Å². The summed E-state index contributed by atoms with van der Waals surface area (Å²) >= 11 is 0.731. The van der Waals surface area contributed by atoms with Gasteiger partial charge in [0.25, 0.3) is 0 Å². The van der Waals surface area contributed by atoms with E-state index in [2.05, 4.69) is 4.98 Å². The summed E-state index contributed by atoms with van der Waals surface area (Å²) in [5.41, 5.74) is -0.947. The molecule has 0 radical (unpaired) electrons. The molecule has 0 saturated carbocycles. The topological polar surface area (TPSA) is 74.1 Å². The number of thioether (sulfide) groups is 1. The zero-order valence-corrected chi connectivity index (χ0v) is 18.2. The van der Waals surface area contributed by atoms with Crippen molar-refractivity contribution >= 4 is 29.3 Å². The summed E-state index contributed by atoms with van der Waals surface area (Å²) in [6, 6.07) is 9.26. The van der Waals surface area contributed by atoms with Gasteiger partial charge in [-0.05, 0) is 25.1 Å². The number of rotatable bonds is 3. The Morgan fingerprint density at radius 1 is 1.16 bits per heavy atom. The molecule has 0 spiro atoms. The molecule has 5 nitrogen and oxygen atoms in total. The van der Waals surface area contributed by atoms with Gasteiger partial charge in [-0.2, -0.15) is 18.4 Å². The molecule has 1 fully saturated rings. The number of pyridine rings is 1. The van der Waals surface area contributed by atoms with Gasteiger partial charge in [-0.15, -0.1) is 0 Å². The fraction of sp³-hybridized carbons (Fsp3) is 0.364. The van der Waals surface area contributed by atoms with Crippen molar-refractivity contribution in [2.24, 2.45) is 0 Å². The van der Waals surface area contributed by atoms with E-state index in [-0.39, 0.29) is 17.1 Å². The largest absolute Gasteiger partial charge is 0.417 e. The Kier molecular flexibility index (Phi) is 5.89. The molecule has 1 aromatic carbocycles. The van der Waals surface area contributed by atoms with Gasteiger partial charge in [-0.3, -0.25) is 9.59 Å². The fourth-order valence-electron chi connectivity index (χ4n) is 3.12. The number of nitriles is 1.